The number of hydrogen-bond donors (Lipinski definition) is 0. The topological polar surface area (TPSA) is 57.0 Å². The quantitative estimate of drug-likeness (QED) is 0.190. The first-order chi connectivity index (χ1) is 25.3. The van der Waals surface area contributed by atoms with Crippen molar-refractivity contribution >= 4 is 65.8 Å². The second-order valence-corrected chi connectivity index (χ2v) is 13.0. The highest BCUT2D eigenvalue weighted by molar-refractivity contribution is 6.18. The molecular weight excluding hydrogens is 627 g/mol. The summed E-state index contributed by atoms with van der Waals surface area (Å²) in [5, 5.41) is 6.49. The van der Waals surface area contributed by atoms with E-state index in [9.17, 15) is 0 Å². The first-order valence-electron chi connectivity index (χ1n) is 17.1. The van der Waals surface area contributed by atoms with E-state index in [1.807, 2.05) is 60.7 Å². The standard InChI is InChI=1S/C46H27N3O2/c1-4-12-28(13-5-1)44-43-37-25-31(21-23-41(37)51-46(43)48-45(47-44)29-14-6-2-7-15-29)30-20-22-38-34(24-30)35-26-36-33-18-10-11-19-40(33)50-42(36)27-39(35)49(38)32-16-8-3-9-17-32/h1-27H. The molecule has 0 fully saturated rings. The fourth-order valence-corrected chi connectivity index (χ4v) is 7.65. The summed E-state index contributed by atoms with van der Waals surface area (Å²) in [6.45, 7) is 0. The van der Waals surface area contributed by atoms with Crippen molar-refractivity contribution in [1.82, 2.24) is 14.5 Å². The Morgan fingerprint density at radius 3 is 1.84 bits per heavy atom. The van der Waals surface area contributed by atoms with Gasteiger partial charge in [-0.2, -0.15) is 4.98 Å². The average molecular weight is 654 g/mol. The number of para-hydroxylation sites is 2. The third-order valence-corrected chi connectivity index (χ3v) is 10.0. The van der Waals surface area contributed by atoms with Crippen LogP contribution < -0.4 is 0 Å². The molecule has 5 nitrogen and oxygen atoms in total. The zero-order valence-corrected chi connectivity index (χ0v) is 27.2. The second-order valence-electron chi connectivity index (χ2n) is 13.0. The van der Waals surface area contributed by atoms with Gasteiger partial charge in [-0.05, 0) is 59.7 Å². The lowest BCUT2D eigenvalue weighted by Gasteiger charge is -2.08. The minimum atomic E-state index is 0.576. The fraction of sp³-hybridized carbons (Fsp3) is 0. The summed E-state index contributed by atoms with van der Waals surface area (Å²) in [5.41, 5.74) is 11.5. The van der Waals surface area contributed by atoms with E-state index in [1.54, 1.807) is 0 Å². The predicted molar refractivity (Wildman–Crippen MR) is 207 cm³/mol. The molecule has 11 aromatic rings. The number of furan rings is 2. The van der Waals surface area contributed by atoms with Gasteiger partial charge in [-0.1, -0.05) is 109 Å². The van der Waals surface area contributed by atoms with Crippen LogP contribution in [0.1, 0.15) is 0 Å². The second kappa shape index (κ2) is 10.8. The van der Waals surface area contributed by atoms with Crippen molar-refractivity contribution in [2.45, 2.75) is 0 Å². The van der Waals surface area contributed by atoms with Crippen LogP contribution in [0.3, 0.4) is 0 Å². The highest BCUT2D eigenvalue weighted by atomic mass is 16.3. The minimum absolute atomic E-state index is 0.576. The molecule has 7 aromatic carbocycles. The Hall–Kier alpha value is -6.98. The summed E-state index contributed by atoms with van der Waals surface area (Å²) < 4.78 is 15.1. The number of benzene rings is 7. The predicted octanol–water partition coefficient (Wildman–Crippen LogP) is 12.4. The SMILES string of the molecule is c1ccc(-c2nc(-c3ccccc3)c3c(n2)oc2ccc(-c4ccc5c(c4)c4cc6c(cc4n5-c4ccccc4)oc4ccccc46)cc23)cc1. The fourth-order valence-electron chi connectivity index (χ4n) is 7.65. The van der Waals surface area contributed by atoms with Crippen molar-refractivity contribution in [3.8, 4) is 39.5 Å². The zero-order chi connectivity index (χ0) is 33.5. The molecule has 238 valence electrons. The zero-order valence-electron chi connectivity index (χ0n) is 27.2. The molecule has 0 aliphatic carbocycles. The molecule has 0 atom stereocenters. The van der Waals surface area contributed by atoms with Crippen LogP contribution in [0.5, 0.6) is 0 Å². The van der Waals surface area contributed by atoms with Gasteiger partial charge in [-0.15, -0.1) is 0 Å². The van der Waals surface area contributed by atoms with E-state index in [2.05, 4.69) is 108 Å². The van der Waals surface area contributed by atoms with Gasteiger partial charge in [-0.25, -0.2) is 4.98 Å². The van der Waals surface area contributed by atoms with E-state index in [4.69, 9.17) is 18.8 Å². The van der Waals surface area contributed by atoms with E-state index in [1.165, 1.54) is 10.8 Å². The molecule has 0 aliphatic heterocycles. The van der Waals surface area contributed by atoms with Crippen molar-refractivity contribution < 1.29 is 8.83 Å². The van der Waals surface area contributed by atoms with Crippen LogP contribution in [0, 0.1) is 0 Å². The highest BCUT2D eigenvalue weighted by Crippen LogP contribution is 2.41. The number of rotatable bonds is 4. The molecule has 4 heterocycles. The van der Waals surface area contributed by atoms with E-state index in [-0.39, 0.29) is 0 Å². The van der Waals surface area contributed by atoms with Gasteiger partial charge in [-0.3, -0.25) is 0 Å². The average Bonchev–Trinajstić information content (AvgIpc) is 3.86. The molecule has 0 unspecified atom stereocenters. The van der Waals surface area contributed by atoms with Crippen LogP contribution in [-0.4, -0.2) is 14.5 Å². The third-order valence-electron chi connectivity index (χ3n) is 10.0. The first kappa shape index (κ1) is 27.9. The molecule has 0 aliphatic rings. The number of nitrogens with zero attached hydrogens (tertiary/aromatic N) is 3. The monoisotopic (exact) mass is 653 g/mol. The van der Waals surface area contributed by atoms with Crippen molar-refractivity contribution in [3.63, 3.8) is 0 Å². The summed E-state index contributed by atoms with van der Waals surface area (Å²) in [6, 6.07) is 56.8. The van der Waals surface area contributed by atoms with E-state index in [0.717, 1.165) is 83.0 Å². The van der Waals surface area contributed by atoms with E-state index < -0.39 is 0 Å². The Balaban J connectivity index is 1.15. The van der Waals surface area contributed by atoms with Crippen molar-refractivity contribution in [2.75, 3.05) is 0 Å². The molecule has 11 rings (SSSR count). The van der Waals surface area contributed by atoms with Gasteiger partial charge >= 0.3 is 0 Å². The molecule has 51 heavy (non-hydrogen) atoms. The molecular formula is C46H27N3O2. The van der Waals surface area contributed by atoms with Crippen molar-refractivity contribution in [2.24, 2.45) is 0 Å². The lowest BCUT2D eigenvalue weighted by molar-refractivity contribution is 0.653. The Morgan fingerprint density at radius 1 is 0.392 bits per heavy atom. The number of hydrogen-bond acceptors (Lipinski definition) is 4. The first-order valence-corrected chi connectivity index (χ1v) is 17.1. The summed E-state index contributed by atoms with van der Waals surface area (Å²) in [6.07, 6.45) is 0. The Bertz CT molecular complexity index is 3120. The minimum Gasteiger partial charge on any atom is -0.456 e. The van der Waals surface area contributed by atoms with Gasteiger partial charge < -0.3 is 13.4 Å². The molecule has 4 aromatic heterocycles. The Labute approximate surface area is 291 Å². The molecule has 0 radical (unpaired) electrons. The lowest BCUT2D eigenvalue weighted by Crippen LogP contribution is -1.93. The normalized spacial score (nSPS) is 11.9. The number of fused-ring (bicyclic) bond motifs is 9. The van der Waals surface area contributed by atoms with Crippen molar-refractivity contribution in [1.29, 1.82) is 0 Å². The smallest absolute Gasteiger partial charge is 0.231 e. The van der Waals surface area contributed by atoms with Gasteiger partial charge in [0.05, 0.1) is 22.1 Å². The maximum atomic E-state index is 6.45. The molecule has 0 amide bonds. The maximum Gasteiger partial charge on any atom is 0.231 e. The Morgan fingerprint density at radius 2 is 1.04 bits per heavy atom. The van der Waals surface area contributed by atoms with Crippen LogP contribution in [0.25, 0.3) is 105 Å². The van der Waals surface area contributed by atoms with E-state index >= 15 is 0 Å². The molecule has 0 N–H and O–H groups in total. The summed E-state index contributed by atoms with van der Waals surface area (Å²) in [4.78, 5) is 10.1. The maximum absolute atomic E-state index is 6.45. The van der Waals surface area contributed by atoms with Gasteiger partial charge in [0, 0.05) is 49.8 Å². The Kier molecular flexibility index (Phi) is 5.89. The molecule has 0 bridgehead atoms. The number of aromatic nitrogens is 3. The summed E-state index contributed by atoms with van der Waals surface area (Å²) in [5.74, 6) is 0.640. The van der Waals surface area contributed by atoms with Gasteiger partial charge in [0.15, 0.2) is 5.82 Å². The van der Waals surface area contributed by atoms with Crippen LogP contribution >= 0.6 is 0 Å². The van der Waals surface area contributed by atoms with Crippen LogP contribution in [0.2, 0.25) is 0 Å². The van der Waals surface area contributed by atoms with Gasteiger partial charge in [0.1, 0.15) is 16.7 Å². The summed E-state index contributed by atoms with van der Waals surface area (Å²) >= 11 is 0. The van der Waals surface area contributed by atoms with E-state index in [0.29, 0.717) is 11.5 Å². The molecule has 0 saturated heterocycles. The summed E-state index contributed by atoms with van der Waals surface area (Å²) in [7, 11) is 0. The third kappa shape index (κ3) is 4.28. The van der Waals surface area contributed by atoms with Crippen molar-refractivity contribution in [3.05, 3.63) is 164 Å². The van der Waals surface area contributed by atoms with Crippen LogP contribution in [0.4, 0.5) is 0 Å². The van der Waals surface area contributed by atoms with Gasteiger partial charge in [0.2, 0.25) is 5.71 Å². The van der Waals surface area contributed by atoms with Crippen LogP contribution in [-0.2, 0) is 0 Å². The molecule has 0 spiro atoms. The molecule has 5 heteroatoms. The highest BCUT2D eigenvalue weighted by Gasteiger charge is 2.20. The van der Waals surface area contributed by atoms with Gasteiger partial charge in [0.25, 0.3) is 0 Å². The van der Waals surface area contributed by atoms with Crippen LogP contribution in [0.15, 0.2) is 173 Å². The lowest BCUT2D eigenvalue weighted by atomic mass is 9.99. The molecule has 0 saturated carbocycles. The largest absolute Gasteiger partial charge is 0.456 e.